The van der Waals surface area contributed by atoms with Crippen molar-refractivity contribution >= 4 is 74.1 Å². The average Bonchev–Trinajstić information content (AvgIpc) is 3.43. The van der Waals surface area contributed by atoms with Gasteiger partial charge in [-0.25, -0.2) is 9.80 Å². The molecule has 1 N–H and O–H groups in total. The van der Waals surface area contributed by atoms with Gasteiger partial charge in [0.25, 0.3) is 0 Å². The van der Waals surface area contributed by atoms with Gasteiger partial charge >= 0.3 is 0 Å². The van der Waals surface area contributed by atoms with Crippen LogP contribution in [0.1, 0.15) is 35.4 Å². The Hall–Kier alpha value is -3.66. The van der Waals surface area contributed by atoms with E-state index in [0.29, 0.717) is 31.5 Å². The van der Waals surface area contributed by atoms with Crippen LogP contribution in [0.15, 0.2) is 64.7 Å². The van der Waals surface area contributed by atoms with Crippen LogP contribution >= 0.6 is 39.1 Å². The van der Waals surface area contributed by atoms with Crippen molar-refractivity contribution in [2.45, 2.75) is 32.6 Å². The number of amides is 4. The highest BCUT2D eigenvalue weighted by atomic mass is 79.9. The predicted octanol–water partition coefficient (Wildman–Crippen LogP) is 7.13. The lowest BCUT2D eigenvalue weighted by atomic mass is 9.57. The second kappa shape index (κ2) is 11.2. The van der Waals surface area contributed by atoms with Crippen molar-refractivity contribution in [3.63, 3.8) is 0 Å². The number of halogens is 3. The summed E-state index contributed by atoms with van der Waals surface area (Å²) in [6.45, 7) is 3.68. The lowest BCUT2D eigenvalue weighted by Gasteiger charge is -2.44. The number of carbonyl (C=O) groups excluding carboxylic acids is 4. The van der Waals surface area contributed by atoms with Crippen LogP contribution < -0.4 is 14.5 Å². The van der Waals surface area contributed by atoms with Gasteiger partial charge in [-0.2, -0.15) is 0 Å². The van der Waals surface area contributed by atoms with E-state index in [1.165, 1.54) is 16.9 Å². The van der Waals surface area contributed by atoms with Gasteiger partial charge in [0.1, 0.15) is 0 Å². The SMILES string of the molecule is COc1cc(Br)cc(C2C3=CCC4C(=O)N(c5ccc(C)c(Cl)c5)C(=O)C4C3CC3C(=O)N(c4ccc(C)c(Cl)c4)C(=O)C32)c1O. The molecule has 6 atom stereocenters. The Morgan fingerprint density at radius 2 is 1.35 bits per heavy atom. The molecule has 3 fully saturated rings. The Bertz CT molecular complexity index is 1910. The molecule has 4 amide bonds. The van der Waals surface area contributed by atoms with E-state index in [4.69, 9.17) is 27.9 Å². The number of carbonyl (C=O) groups is 4. The maximum absolute atomic E-state index is 14.4. The maximum atomic E-state index is 14.4. The van der Waals surface area contributed by atoms with E-state index < -0.39 is 47.3 Å². The molecule has 8 nitrogen and oxygen atoms in total. The van der Waals surface area contributed by atoms with Crippen LogP contribution in [0, 0.1) is 43.4 Å². The summed E-state index contributed by atoms with van der Waals surface area (Å²) >= 11 is 16.3. The fourth-order valence-corrected chi connectivity index (χ4v) is 8.68. The van der Waals surface area contributed by atoms with E-state index in [1.54, 1.807) is 48.5 Å². The number of anilines is 2. The summed E-state index contributed by atoms with van der Waals surface area (Å²) in [5.74, 6) is -5.81. The number of methoxy groups -OCH3 is 1. The van der Waals surface area contributed by atoms with Crippen LogP contribution in [0.2, 0.25) is 10.0 Å². The van der Waals surface area contributed by atoms with Gasteiger partial charge < -0.3 is 9.84 Å². The summed E-state index contributed by atoms with van der Waals surface area (Å²) in [6.07, 6.45) is 2.40. The van der Waals surface area contributed by atoms with Crippen molar-refractivity contribution in [2.75, 3.05) is 16.9 Å². The molecule has 11 heteroatoms. The summed E-state index contributed by atoms with van der Waals surface area (Å²) < 4.78 is 6.07. The van der Waals surface area contributed by atoms with Crippen molar-refractivity contribution in [1.82, 2.24) is 0 Å². The number of aryl methyl sites for hydroxylation is 2. The van der Waals surface area contributed by atoms with Crippen molar-refractivity contribution in [3.8, 4) is 11.5 Å². The van der Waals surface area contributed by atoms with Crippen LogP contribution in [0.4, 0.5) is 11.4 Å². The molecule has 0 aromatic heterocycles. The molecular weight excluding hydrogens is 695 g/mol. The zero-order valence-corrected chi connectivity index (χ0v) is 28.2. The number of hydrogen-bond acceptors (Lipinski definition) is 6. The van der Waals surface area contributed by atoms with Crippen LogP contribution in [0.3, 0.4) is 0 Å². The van der Waals surface area contributed by atoms with Crippen LogP contribution in [-0.2, 0) is 19.2 Å². The smallest absolute Gasteiger partial charge is 0.238 e. The molecule has 4 aliphatic rings. The van der Waals surface area contributed by atoms with Gasteiger partial charge in [-0.1, -0.05) is 62.9 Å². The number of allylic oxidation sites excluding steroid dienone is 2. The third-order valence-electron chi connectivity index (χ3n) is 10.1. The highest BCUT2D eigenvalue weighted by Gasteiger charge is 2.62. The first-order chi connectivity index (χ1) is 21.9. The van der Waals surface area contributed by atoms with Crippen LogP contribution in [0.25, 0.3) is 0 Å². The molecule has 7 rings (SSSR count). The molecule has 3 aromatic rings. The Kier molecular flexibility index (Phi) is 7.57. The molecular formula is C35H29BrCl2N2O6. The van der Waals surface area contributed by atoms with Gasteiger partial charge in [0.15, 0.2) is 11.5 Å². The third-order valence-corrected chi connectivity index (χ3v) is 11.4. The second-order valence-corrected chi connectivity index (χ2v) is 14.2. The van der Waals surface area contributed by atoms with E-state index in [2.05, 4.69) is 15.9 Å². The van der Waals surface area contributed by atoms with Crippen molar-refractivity contribution in [2.24, 2.45) is 29.6 Å². The molecule has 2 saturated heterocycles. The minimum absolute atomic E-state index is 0.153. The topological polar surface area (TPSA) is 104 Å². The number of fused-ring (bicyclic) bond motifs is 4. The molecule has 2 heterocycles. The van der Waals surface area contributed by atoms with Crippen LogP contribution in [-0.4, -0.2) is 35.8 Å². The van der Waals surface area contributed by atoms with Crippen molar-refractivity contribution < 1.29 is 29.0 Å². The third kappa shape index (κ3) is 4.53. The van der Waals surface area contributed by atoms with Crippen LogP contribution in [0.5, 0.6) is 11.5 Å². The monoisotopic (exact) mass is 722 g/mol. The minimum Gasteiger partial charge on any atom is -0.504 e. The number of benzene rings is 3. The number of phenols is 1. The van der Waals surface area contributed by atoms with E-state index >= 15 is 0 Å². The lowest BCUT2D eigenvalue weighted by Crippen LogP contribution is -2.43. The van der Waals surface area contributed by atoms with Crippen molar-refractivity contribution in [1.29, 1.82) is 0 Å². The fourth-order valence-electron chi connectivity index (χ4n) is 7.87. The van der Waals surface area contributed by atoms with Gasteiger partial charge in [0, 0.05) is 26.0 Å². The molecule has 6 unspecified atom stereocenters. The normalized spacial score (nSPS) is 27.0. The number of ether oxygens (including phenoxy) is 1. The number of imide groups is 2. The molecule has 236 valence electrons. The largest absolute Gasteiger partial charge is 0.504 e. The van der Waals surface area contributed by atoms with Gasteiger partial charge in [-0.05, 0) is 80.1 Å². The molecule has 2 aliphatic carbocycles. The number of hydrogen-bond donors (Lipinski definition) is 1. The lowest BCUT2D eigenvalue weighted by molar-refractivity contribution is -0.126. The van der Waals surface area contributed by atoms with Gasteiger partial charge in [-0.15, -0.1) is 0 Å². The Balaban J connectivity index is 1.37. The average molecular weight is 724 g/mol. The molecule has 0 bridgehead atoms. The second-order valence-electron chi connectivity index (χ2n) is 12.5. The Morgan fingerprint density at radius 3 is 1.91 bits per heavy atom. The molecule has 46 heavy (non-hydrogen) atoms. The number of phenolic OH excluding ortho intramolecular Hbond substituents is 1. The summed E-state index contributed by atoms with van der Waals surface area (Å²) in [7, 11) is 1.43. The van der Waals surface area contributed by atoms with E-state index in [1.807, 2.05) is 19.9 Å². The summed E-state index contributed by atoms with van der Waals surface area (Å²) in [6, 6.07) is 13.5. The van der Waals surface area contributed by atoms with Gasteiger partial charge in [0.05, 0.1) is 42.2 Å². The number of nitrogens with zero attached hydrogens (tertiary/aromatic N) is 2. The standard InChI is InChI=1S/C35H29BrCl2N2O6/c1-15-4-6-18(12-25(15)37)39-32(42)21-9-8-20-22(29(21)34(39)44)14-24-30(28(20)23-10-17(36)11-27(46-3)31(23)41)35(45)40(33(24)43)19-7-5-16(2)26(38)13-19/h4-8,10-13,21-22,24,28-30,41H,9,14H2,1-3H3. The molecule has 3 aromatic carbocycles. The zero-order chi connectivity index (χ0) is 32.8. The zero-order valence-electron chi connectivity index (χ0n) is 25.1. The fraction of sp³-hybridized carbons (Fsp3) is 0.314. The van der Waals surface area contributed by atoms with E-state index in [9.17, 15) is 24.3 Å². The van der Waals surface area contributed by atoms with Gasteiger partial charge in [-0.3, -0.25) is 19.2 Å². The first-order valence-electron chi connectivity index (χ1n) is 15.0. The molecule has 0 radical (unpaired) electrons. The number of rotatable bonds is 4. The van der Waals surface area contributed by atoms with Gasteiger partial charge in [0.2, 0.25) is 23.6 Å². The van der Waals surface area contributed by atoms with Crippen molar-refractivity contribution in [3.05, 3.63) is 91.4 Å². The Labute approximate surface area is 284 Å². The number of aromatic hydroxyl groups is 1. The summed E-state index contributed by atoms with van der Waals surface area (Å²) in [4.78, 5) is 59.1. The maximum Gasteiger partial charge on any atom is 0.238 e. The van der Waals surface area contributed by atoms with E-state index in [-0.39, 0.29) is 36.2 Å². The molecule has 2 aliphatic heterocycles. The predicted molar refractivity (Wildman–Crippen MR) is 177 cm³/mol. The highest BCUT2D eigenvalue weighted by molar-refractivity contribution is 9.10. The van der Waals surface area contributed by atoms with E-state index in [0.717, 1.165) is 16.7 Å². The quantitative estimate of drug-likeness (QED) is 0.227. The summed E-state index contributed by atoms with van der Waals surface area (Å²) in [5, 5.41) is 12.3. The minimum atomic E-state index is -0.865. The summed E-state index contributed by atoms with van der Waals surface area (Å²) in [5.41, 5.74) is 3.54. The first-order valence-corrected chi connectivity index (χ1v) is 16.5. The highest BCUT2D eigenvalue weighted by Crippen LogP contribution is 2.60. The molecule has 0 spiro atoms. The Morgan fingerprint density at radius 1 is 0.783 bits per heavy atom. The first kappa shape index (κ1) is 31.0. The molecule has 1 saturated carbocycles.